The fraction of sp³-hybridized carbons (Fsp3) is 0.667. The van der Waals surface area contributed by atoms with Crippen LogP contribution < -0.4 is 10.2 Å². The molecule has 1 N–H and O–H groups in total. The van der Waals surface area contributed by atoms with E-state index in [4.69, 9.17) is 0 Å². The molecule has 2 saturated heterocycles. The van der Waals surface area contributed by atoms with Crippen molar-refractivity contribution in [3.05, 3.63) is 18.2 Å². The number of nitrogens with one attached hydrogen (secondary N) is 1. The molecule has 3 rings (SSSR count). The lowest BCUT2D eigenvalue weighted by Crippen LogP contribution is -2.47. The van der Waals surface area contributed by atoms with Crippen LogP contribution in [0.4, 0.5) is 10.3 Å². The molecule has 0 spiro atoms. The molecule has 1 aromatic rings. The van der Waals surface area contributed by atoms with E-state index in [9.17, 15) is 4.39 Å². The van der Waals surface area contributed by atoms with E-state index in [0.29, 0.717) is 24.1 Å². The van der Waals surface area contributed by atoms with Crippen LogP contribution in [0.3, 0.4) is 0 Å². The first-order valence-corrected chi connectivity index (χ1v) is 6.19. The third-order valence-electron chi connectivity index (χ3n) is 3.92. The van der Waals surface area contributed by atoms with E-state index in [2.05, 4.69) is 20.2 Å². The maximum absolute atomic E-state index is 12.8. The average molecular weight is 236 g/mol. The van der Waals surface area contributed by atoms with E-state index in [1.165, 1.54) is 25.2 Å². The summed E-state index contributed by atoms with van der Waals surface area (Å²) >= 11 is 0. The molecule has 4 nitrogen and oxygen atoms in total. The van der Waals surface area contributed by atoms with Crippen molar-refractivity contribution in [3.63, 3.8) is 0 Å². The predicted octanol–water partition coefficient (Wildman–Crippen LogP) is 1.33. The van der Waals surface area contributed by atoms with Gasteiger partial charge in [0.1, 0.15) is 0 Å². The summed E-state index contributed by atoms with van der Waals surface area (Å²) in [5, 5.41) is 3.61. The maximum Gasteiger partial charge on any atom is 0.225 e. The minimum absolute atomic E-state index is 0.382. The normalized spacial score (nSPS) is 31.5. The van der Waals surface area contributed by atoms with Gasteiger partial charge in [-0.2, -0.15) is 0 Å². The van der Waals surface area contributed by atoms with E-state index in [1.807, 2.05) is 7.05 Å². The first-order valence-electron chi connectivity index (χ1n) is 6.19. The third-order valence-corrected chi connectivity index (χ3v) is 3.92. The highest BCUT2D eigenvalue weighted by atomic mass is 19.1. The Hall–Kier alpha value is -1.23. The quantitative estimate of drug-likeness (QED) is 0.841. The fourth-order valence-electron chi connectivity index (χ4n) is 2.99. The fourth-order valence-corrected chi connectivity index (χ4v) is 2.99. The molecule has 92 valence electrons. The lowest BCUT2D eigenvalue weighted by Gasteiger charge is -2.35. The van der Waals surface area contributed by atoms with E-state index < -0.39 is 0 Å². The summed E-state index contributed by atoms with van der Waals surface area (Å²) in [4.78, 5) is 10.2. The van der Waals surface area contributed by atoms with Crippen molar-refractivity contribution in [3.8, 4) is 0 Å². The average Bonchev–Trinajstić information content (AvgIpc) is 2.68. The summed E-state index contributed by atoms with van der Waals surface area (Å²) in [5.74, 6) is 0.241. The standard InChI is InChI=1S/C12H17FN4/c1-17(12-14-6-8(13)7-15-12)11-4-9-2-3-10(5-11)16-9/h6-7,9-11,16H,2-5H2,1H3. The molecule has 1 aromatic heterocycles. The number of piperidine rings is 1. The largest absolute Gasteiger partial charge is 0.341 e. The summed E-state index contributed by atoms with van der Waals surface area (Å²) in [5.41, 5.74) is 0. The van der Waals surface area contributed by atoms with Crippen LogP contribution in [0.5, 0.6) is 0 Å². The number of nitrogens with zero attached hydrogens (tertiary/aromatic N) is 3. The van der Waals surface area contributed by atoms with Gasteiger partial charge in [0.2, 0.25) is 5.95 Å². The van der Waals surface area contributed by atoms with Crippen molar-refractivity contribution < 1.29 is 4.39 Å². The van der Waals surface area contributed by atoms with Crippen LogP contribution in [-0.2, 0) is 0 Å². The Morgan fingerprint density at radius 1 is 1.24 bits per heavy atom. The highest BCUT2D eigenvalue weighted by molar-refractivity contribution is 5.30. The number of anilines is 1. The molecule has 3 heterocycles. The van der Waals surface area contributed by atoms with E-state index in [-0.39, 0.29) is 5.82 Å². The Morgan fingerprint density at radius 2 is 1.82 bits per heavy atom. The van der Waals surface area contributed by atoms with Crippen LogP contribution in [0.25, 0.3) is 0 Å². The van der Waals surface area contributed by atoms with Gasteiger partial charge in [-0.05, 0) is 25.7 Å². The second-order valence-corrected chi connectivity index (χ2v) is 5.08. The Balaban J connectivity index is 1.73. The summed E-state index contributed by atoms with van der Waals surface area (Å²) in [6.07, 6.45) is 7.28. The molecule has 5 heteroatoms. The van der Waals surface area contributed by atoms with Gasteiger partial charge in [-0.15, -0.1) is 0 Å². The number of fused-ring (bicyclic) bond motifs is 2. The first kappa shape index (κ1) is 10.9. The zero-order valence-corrected chi connectivity index (χ0v) is 9.93. The second-order valence-electron chi connectivity index (χ2n) is 5.08. The van der Waals surface area contributed by atoms with E-state index >= 15 is 0 Å². The van der Waals surface area contributed by atoms with Crippen LogP contribution in [0, 0.1) is 5.82 Å². The van der Waals surface area contributed by atoms with Crippen LogP contribution in [0.1, 0.15) is 25.7 Å². The zero-order chi connectivity index (χ0) is 11.8. The molecule has 2 fully saturated rings. The van der Waals surface area contributed by atoms with Crippen molar-refractivity contribution in [2.24, 2.45) is 0 Å². The Kier molecular flexibility index (Phi) is 2.70. The topological polar surface area (TPSA) is 41.1 Å². The molecular weight excluding hydrogens is 219 g/mol. The molecule has 17 heavy (non-hydrogen) atoms. The molecule has 0 aliphatic carbocycles. The Labute approximate surface area is 100 Å². The minimum Gasteiger partial charge on any atom is -0.341 e. The number of hydrogen-bond acceptors (Lipinski definition) is 4. The van der Waals surface area contributed by atoms with Gasteiger partial charge < -0.3 is 10.2 Å². The highest BCUT2D eigenvalue weighted by Crippen LogP contribution is 2.30. The number of halogens is 1. The second kappa shape index (κ2) is 4.22. The first-order chi connectivity index (χ1) is 8.22. The SMILES string of the molecule is CN(c1ncc(F)cn1)C1CC2CCC(C1)N2. The molecule has 2 unspecified atom stereocenters. The summed E-state index contributed by atoms with van der Waals surface area (Å²) < 4.78 is 12.8. The zero-order valence-electron chi connectivity index (χ0n) is 9.93. The van der Waals surface area contributed by atoms with Gasteiger partial charge in [0.05, 0.1) is 12.4 Å². The van der Waals surface area contributed by atoms with Crippen LogP contribution in [0.2, 0.25) is 0 Å². The van der Waals surface area contributed by atoms with Crippen molar-refractivity contribution in [2.45, 2.75) is 43.8 Å². The number of hydrogen-bond donors (Lipinski definition) is 1. The molecule has 2 aliphatic heterocycles. The molecule has 2 aliphatic rings. The third kappa shape index (κ3) is 2.11. The van der Waals surface area contributed by atoms with Gasteiger partial charge >= 0.3 is 0 Å². The molecule has 0 saturated carbocycles. The van der Waals surface area contributed by atoms with Crippen molar-refractivity contribution in [1.82, 2.24) is 15.3 Å². The number of rotatable bonds is 2. The van der Waals surface area contributed by atoms with Gasteiger partial charge in [0.25, 0.3) is 0 Å². The Morgan fingerprint density at radius 3 is 2.41 bits per heavy atom. The molecule has 0 amide bonds. The van der Waals surface area contributed by atoms with Gasteiger partial charge in [-0.25, -0.2) is 14.4 Å². The smallest absolute Gasteiger partial charge is 0.225 e. The van der Waals surface area contributed by atoms with Gasteiger partial charge in [-0.1, -0.05) is 0 Å². The van der Waals surface area contributed by atoms with Gasteiger partial charge in [-0.3, -0.25) is 0 Å². The maximum atomic E-state index is 12.8. The lowest BCUT2D eigenvalue weighted by atomic mass is 9.99. The Bertz CT molecular complexity index is 382. The van der Waals surface area contributed by atoms with Crippen molar-refractivity contribution >= 4 is 5.95 Å². The van der Waals surface area contributed by atoms with Crippen LogP contribution >= 0.6 is 0 Å². The van der Waals surface area contributed by atoms with E-state index in [0.717, 1.165) is 12.8 Å². The van der Waals surface area contributed by atoms with Crippen LogP contribution in [-0.4, -0.2) is 35.1 Å². The van der Waals surface area contributed by atoms with Gasteiger partial charge in [0.15, 0.2) is 5.82 Å². The minimum atomic E-state index is -0.382. The van der Waals surface area contributed by atoms with Crippen molar-refractivity contribution in [2.75, 3.05) is 11.9 Å². The molecular formula is C12H17FN4. The molecule has 2 bridgehead atoms. The molecule has 2 atom stereocenters. The van der Waals surface area contributed by atoms with E-state index in [1.54, 1.807) is 0 Å². The number of aromatic nitrogens is 2. The highest BCUT2D eigenvalue weighted by Gasteiger charge is 2.35. The van der Waals surface area contributed by atoms with Gasteiger partial charge in [0, 0.05) is 25.2 Å². The summed E-state index contributed by atoms with van der Waals surface area (Å²) in [6, 6.07) is 1.75. The lowest BCUT2D eigenvalue weighted by molar-refractivity contribution is 0.352. The predicted molar refractivity (Wildman–Crippen MR) is 63.4 cm³/mol. The molecule has 0 aromatic carbocycles. The summed E-state index contributed by atoms with van der Waals surface area (Å²) in [7, 11) is 2.00. The summed E-state index contributed by atoms with van der Waals surface area (Å²) in [6.45, 7) is 0. The van der Waals surface area contributed by atoms with Crippen molar-refractivity contribution in [1.29, 1.82) is 0 Å². The molecule has 0 radical (unpaired) electrons. The van der Waals surface area contributed by atoms with Crippen LogP contribution in [0.15, 0.2) is 12.4 Å². The monoisotopic (exact) mass is 236 g/mol.